The molecular weight excluding hydrogens is 182 g/mol. The first-order chi connectivity index (χ1) is 6.65. The zero-order valence-electron chi connectivity index (χ0n) is 8.06. The van der Waals surface area contributed by atoms with Crippen LogP contribution in [-0.4, -0.2) is 25.4 Å². The van der Waals surface area contributed by atoms with E-state index in [0.29, 0.717) is 5.52 Å². The fourth-order valence-electron chi connectivity index (χ4n) is 1.64. The molecule has 0 fully saturated rings. The minimum absolute atomic E-state index is 0.120. The van der Waals surface area contributed by atoms with Gasteiger partial charge in [-0.3, -0.25) is 4.68 Å². The number of rotatable bonds is 2. The van der Waals surface area contributed by atoms with Gasteiger partial charge in [-0.25, -0.2) is 4.79 Å². The third-order valence-electron chi connectivity index (χ3n) is 2.31. The average Bonchev–Trinajstić information content (AvgIpc) is 2.67. The molecule has 0 unspecified atom stereocenters. The molecule has 2 rings (SSSR count). The van der Waals surface area contributed by atoms with Crippen molar-refractivity contribution in [2.75, 3.05) is 0 Å². The van der Waals surface area contributed by atoms with Gasteiger partial charge in [-0.15, -0.1) is 0 Å². The molecule has 0 bridgehead atoms. The molecule has 0 atom stereocenters. The molecule has 0 aromatic carbocycles. The Morgan fingerprint density at radius 1 is 1.64 bits per heavy atom. The molecule has 0 radical (unpaired) electrons. The van der Waals surface area contributed by atoms with Gasteiger partial charge in [-0.05, 0) is 13.0 Å². The number of carboxylic acids is 1. The molecule has 5 nitrogen and oxygen atoms in total. The zero-order chi connectivity index (χ0) is 10.3. The van der Waals surface area contributed by atoms with Gasteiger partial charge in [-0.1, -0.05) is 0 Å². The van der Waals surface area contributed by atoms with Crippen molar-refractivity contribution in [3.8, 4) is 0 Å². The average molecular weight is 193 g/mol. The van der Waals surface area contributed by atoms with E-state index >= 15 is 0 Å². The van der Waals surface area contributed by atoms with Crippen molar-refractivity contribution in [3.63, 3.8) is 0 Å². The Hall–Kier alpha value is -1.78. The highest BCUT2D eigenvalue weighted by Gasteiger charge is 2.17. The van der Waals surface area contributed by atoms with Crippen molar-refractivity contribution in [1.82, 2.24) is 14.3 Å². The van der Waals surface area contributed by atoms with Crippen molar-refractivity contribution in [2.45, 2.75) is 13.5 Å². The molecule has 14 heavy (non-hydrogen) atoms. The molecule has 2 heterocycles. The van der Waals surface area contributed by atoms with E-state index in [4.69, 9.17) is 5.11 Å². The standard InChI is InChI=1S/C9H11N3O2/c1-3-12-5-4-6-8(12)7(9(13)14)10-11(6)2/h4-5H,3H2,1-2H3,(H,13,14). The summed E-state index contributed by atoms with van der Waals surface area (Å²) in [6, 6.07) is 1.87. The van der Waals surface area contributed by atoms with Gasteiger partial charge >= 0.3 is 5.97 Å². The second-order valence-corrected chi connectivity index (χ2v) is 3.11. The van der Waals surface area contributed by atoms with Gasteiger partial charge in [0.15, 0.2) is 5.69 Å². The van der Waals surface area contributed by atoms with Crippen LogP contribution in [0.1, 0.15) is 17.4 Å². The Morgan fingerprint density at radius 2 is 2.36 bits per heavy atom. The predicted octanol–water partition coefficient (Wildman–Crippen LogP) is 1.09. The maximum Gasteiger partial charge on any atom is 0.358 e. The molecule has 0 aliphatic rings. The first kappa shape index (κ1) is 8.80. The smallest absolute Gasteiger partial charge is 0.358 e. The Morgan fingerprint density at radius 3 is 2.93 bits per heavy atom. The van der Waals surface area contributed by atoms with Gasteiger partial charge in [0.2, 0.25) is 0 Å². The maximum absolute atomic E-state index is 10.9. The number of carboxylic acid groups (broad SMARTS) is 1. The summed E-state index contributed by atoms with van der Waals surface area (Å²) in [4.78, 5) is 10.9. The lowest BCUT2D eigenvalue weighted by Crippen LogP contribution is -2.02. The molecule has 74 valence electrons. The van der Waals surface area contributed by atoms with Crippen molar-refractivity contribution >= 4 is 17.0 Å². The molecule has 2 aromatic heterocycles. The van der Waals surface area contributed by atoms with E-state index in [2.05, 4.69) is 5.10 Å². The number of aromatic nitrogens is 3. The number of fused-ring (bicyclic) bond motifs is 1. The van der Waals surface area contributed by atoms with E-state index in [0.717, 1.165) is 12.1 Å². The second-order valence-electron chi connectivity index (χ2n) is 3.11. The van der Waals surface area contributed by atoms with Gasteiger partial charge in [0.05, 0.1) is 5.52 Å². The van der Waals surface area contributed by atoms with Crippen molar-refractivity contribution in [3.05, 3.63) is 18.0 Å². The van der Waals surface area contributed by atoms with Gasteiger partial charge in [0.25, 0.3) is 0 Å². The quantitative estimate of drug-likeness (QED) is 0.776. The van der Waals surface area contributed by atoms with Gasteiger partial charge < -0.3 is 9.67 Å². The number of hydrogen-bond donors (Lipinski definition) is 1. The third kappa shape index (κ3) is 1.02. The highest BCUT2D eigenvalue weighted by atomic mass is 16.4. The first-order valence-electron chi connectivity index (χ1n) is 4.40. The summed E-state index contributed by atoms with van der Waals surface area (Å²) in [5.41, 5.74) is 1.67. The van der Waals surface area contributed by atoms with E-state index in [1.165, 1.54) is 0 Å². The number of carbonyl (C=O) groups is 1. The van der Waals surface area contributed by atoms with Crippen LogP contribution in [0.25, 0.3) is 11.0 Å². The lowest BCUT2D eigenvalue weighted by molar-refractivity contribution is 0.0691. The van der Waals surface area contributed by atoms with Crippen molar-refractivity contribution in [2.24, 2.45) is 7.05 Å². The molecular formula is C9H11N3O2. The Kier molecular flexibility index (Phi) is 1.80. The number of hydrogen-bond acceptors (Lipinski definition) is 2. The Bertz CT molecular complexity index is 495. The summed E-state index contributed by atoms with van der Waals surface area (Å²) < 4.78 is 3.47. The minimum Gasteiger partial charge on any atom is -0.476 e. The van der Waals surface area contributed by atoms with Gasteiger partial charge in [0.1, 0.15) is 5.52 Å². The molecule has 0 aliphatic carbocycles. The first-order valence-corrected chi connectivity index (χ1v) is 4.40. The highest BCUT2D eigenvalue weighted by molar-refractivity contribution is 5.99. The summed E-state index contributed by atoms with van der Waals surface area (Å²) in [5.74, 6) is -0.982. The fraction of sp³-hybridized carbons (Fsp3) is 0.333. The van der Waals surface area contributed by atoms with Crippen LogP contribution in [0.15, 0.2) is 12.3 Å². The molecule has 0 spiro atoms. The van der Waals surface area contributed by atoms with Crippen LogP contribution in [-0.2, 0) is 13.6 Å². The number of nitrogens with zero attached hydrogens (tertiary/aromatic N) is 3. The summed E-state index contributed by atoms with van der Waals surface area (Å²) in [5, 5.41) is 12.9. The lowest BCUT2D eigenvalue weighted by atomic mass is 10.3. The normalized spacial score (nSPS) is 11.0. The maximum atomic E-state index is 10.9. The largest absolute Gasteiger partial charge is 0.476 e. The molecule has 2 aromatic rings. The lowest BCUT2D eigenvalue weighted by Gasteiger charge is -1.97. The van der Waals surface area contributed by atoms with Crippen molar-refractivity contribution in [1.29, 1.82) is 0 Å². The van der Waals surface area contributed by atoms with Crippen molar-refractivity contribution < 1.29 is 9.90 Å². The van der Waals surface area contributed by atoms with E-state index < -0.39 is 5.97 Å². The van der Waals surface area contributed by atoms with Crippen LogP contribution in [0.3, 0.4) is 0 Å². The van der Waals surface area contributed by atoms with E-state index in [9.17, 15) is 4.79 Å². The van der Waals surface area contributed by atoms with Crippen LogP contribution < -0.4 is 0 Å². The van der Waals surface area contributed by atoms with Crippen LogP contribution in [0, 0.1) is 0 Å². The van der Waals surface area contributed by atoms with Gasteiger partial charge in [0, 0.05) is 19.8 Å². The predicted molar refractivity (Wildman–Crippen MR) is 51.3 cm³/mol. The summed E-state index contributed by atoms with van der Waals surface area (Å²) in [6.45, 7) is 2.72. The highest BCUT2D eigenvalue weighted by Crippen LogP contribution is 2.19. The Balaban J connectivity index is 2.82. The number of aromatic carboxylic acids is 1. The molecule has 5 heteroatoms. The molecule has 0 saturated carbocycles. The minimum atomic E-state index is -0.982. The van der Waals surface area contributed by atoms with Crippen LogP contribution in [0.5, 0.6) is 0 Å². The third-order valence-corrected chi connectivity index (χ3v) is 2.31. The summed E-state index contributed by atoms with van der Waals surface area (Å²) >= 11 is 0. The van der Waals surface area contributed by atoms with E-state index in [-0.39, 0.29) is 5.69 Å². The molecule has 0 saturated heterocycles. The van der Waals surface area contributed by atoms with Crippen LogP contribution in [0.4, 0.5) is 0 Å². The fourth-order valence-corrected chi connectivity index (χ4v) is 1.64. The SMILES string of the molecule is CCn1ccc2c1c(C(=O)O)nn2C. The molecule has 0 amide bonds. The Labute approximate surface area is 80.6 Å². The number of aryl methyl sites for hydroxylation is 2. The zero-order valence-corrected chi connectivity index (χ0v) is 8.06. The molecule has 0 aliphatic heterocycles. The van der Waals surface area contributed by atoms with E-state index in [1.54, 1.807) is 11.7 Å². The van der Waals surface area contributed by atoms with Gasteiger partial charge in [-0.2, -0.15) is 5.10 Å². The topological polar surface area (TPSA) is 60.1 Å². The van der Waals surface area contributed by atoms with Crippen LogP contribution in [0.2, 0.25) is 0 Å². The summed E-state index contributed by atoms with van der Waals surface area (Å²) in [7, 11) is 1.74. The summed E-state index contributed by atoms with van der Waals surface area (Å²) in [6.07, 6.45) is 1.87. The monoisotopic (exact) mass is 193 g/mol. The van der Waals surface area contributed by atoms with E-state index in [1.807, 2.05) is 23.8 Å². The second kappa shape index (κ2) is 2.87. The molecule has 1 N–H and O–H groups in total. The van der Waals surface area contributed by atoms with Crippen LogP contribution >= 0.6 is 0 Å².